The van der Waals surface area contributed by atoms with Crippen molar-refractivity contribution in [3.8, 4) is 0 Å². The standard InChI is InChI=1S/C15H22BrNS/c1-2-8-17-14(15-12(16)7-9-18-15)13-10-5-3-4-6-11(10)13/h7,9-11,13-14,17H,2-6,8H2,1H3. The second-order valence-electron chi connectivity index (χ2n) is 5.75. The lowest BCUT2D eigenvalue weighted by molar-refractivity contribution is 0.450. The lowest BCUT2D eigenvalue weighted by Gasteiger charge is -2.18. The Labute approximate surface area is 122 Å². The fourth-order valence-corrected chi connectivity index (χ4v) is 5.53. The van der Waals surface area contributed by atoms with Gasteiger partial charge in [0.1, 0.15) is 0 Å². The average molecular weight is 328 g/mol. The second-order valence-corrected chi connectivity index (χ2v) is 7.56. The molecule has 0 radical (unpaired) electrons. The van der Waals surface area contributed by atoms with Crippen LogP contribution in [0.1, 0.15) is 49.9 Å². The maximum absolute atomic E-state index is 3.81. The van der Waals surface area contributed by atoms with Crippen molar-refractivity contribution >= 4 is 27.3 Å². The Morgan fingerprint density at radius 2 is 2.11 bits per heavy atom. The third-order valence-corrected chi connectivity index (χ3v) is 6.60. The highest BCUT2D eigenvalue weighted by Gasteiger charge is 2.54. The highest BCUT2D eigenvalue weighted by Crippen LogP contribution is 2.61. The fraction of sp³-hybridized carbons (Fsp3) is 0.733. The van der Waals surface area contributed by atoms with Crippen LogP contribution in [0.4, 0.5) is 0 Å². The molecule has 0 saturated heterocycles. The van der Waals surface area contributed by atoms with Crippen LogP contribution in [0.5, 0.6) is 0 Å². The van der Waals surface area contributed by atoms with Crippen molar-refractivity contribution in [1.82, 2.24) is 5.32 Å². The summed E-state index contributed by atoms with van der Waals surface area (Å²) < 4.78 is 1.31. The number of thiophene rings is 1. The molecule has 3 atom stereocenters. The molecular weight excluding hydrogens is 306 g/mol. The van der Waals surface area contributed by atoms with Gasteiger partial charge in [0, 0.05) is 15.4 Å². The minimum Gasteiger partial charge on any atom is -0.309 e. The van der Waals surface area contributed by atoms with Gasteiger partial charge >= 0.3 is 0 Å². The van der Waals surface area contributed by atoms with Crippen LogP contribution in [0.15, 0.2) is 15.9 Å². The lowest BCUT2D eigenvalue weighted by atomic mass is 10.0. The Balaban J connectivity index is 1.76. The topological polar surface area (TPSA) is 12.0 Å². The van der Waals surface area contributed by atoms with E-state index in [1.807, 2.05) is 11.3 Å². The van der Waals surface area contributed by atoms with Gasteiger partial charge in [-0.2, -0.15) is 0 Å². The summed E-state index contributed by atoms with van der Waals surface area (Å²) in [5.74, 6) is 2.94. The third-order valence-electron chi connectivity index (χ3n) is 4.65. The monoisotopic (exact) mass is 327 g/mol. The Kier molecular flexibility index (Phi) is 4.12. The van der Waals surface area contributed by atoms with Crippen LogP contribution in [0.2, 0.25) is 0 Å². The van der Waals surface area contributed by atoms with Gasteiger partial charge in [-0.25, -0.2) is 0 Å². The molecule has 0 aliphatic heterocycles. The van der Waals surface area contributed by atoms with Crippen molar-refractivity contribution in [2.24, 2.45) is 17.8 Å². The first kappa shape index (κ1) is 13.1. The van der Waals surface area contributed by atoms with E-state index in [0.29, 0.717) is 6.04 Å². The maximum atomic E-state index is 3.81. The predicted molar refractivity (Wildman–Crippen MR) is 82.0 cm³/mol. The van der Waals surface area contributed by atoms with Crippen LogP contribution in [-0.4, -0.2) is 6.54 Å². The van der Waals surface area contributed by atoms with Crippen molar-refractivity contribution in [2.75, 3.05) is 6.54 Å². The number of hydrogen-bond donors (Lipinski definition) is 1. The van der Waals surface area contributed by atoms with Gasteiger partial charge in [0.2, 0.25) is 0 Å². The molecule has 1 N–H and O–H groups in total. The molecule has 1 aromatic heterocycles. The van der Waals surface area contributed by atoms with Crippen molar-refractivity contribution in [3.05, 3.63) is 20.8 Å². The normalized spacial score (nSPS) is 32.0. The third kappa shape index (κ3) is 2.41. The first-order valence-corrected chi connectivity index (χ1v) is 8.96. The molecule has 0 spiro atoms. The van der Waals surface area contributed by atoms with E-state index in [-0.39, 0.29) is 0 Å². The van der Waals surface area contributed by atoms with Gasteiger partial charge in [-0.15, -0.1) is 11.3 Å². The Morgan fingerprint density at radius 3 is 2.67 bits per heavy atom. The lowest BCUT2D eigenvalue weighted by Crippen LogP contribution is -2.24. The van der Waals surface area contributed by atoms with E-state index < -0.39 is 0 Å². The van der Waals surface area contributed by atoms with Crippen molar-refractivity contribution in [2.45, 2.75) is 45.1 Å². The van der Waals surface area contributed by atoms with Crippen LogP contribution in [0.25, 0.3) is 0 Å². The summed E-state index contributed by atoms with van der Waals surface area (Å²) in [6.45, 7) is 3.40. The smallest absolute Gasteiger partial charge is 0.0460 e. The largest absolute Gasteiger partial charge is 0.309 e. The molecule has 0 bridgehead atoms. The van der Waals surface area contributed by atoms with Crippen molar-refractivity contribution in [3.63, 3.8) is 0 Å². The number of hydrogen-bond acceptors (Lipinski definition) is 2. The molecule has 2 aliphatic rings. The van der Waals surface area contributed by atoms with Gasteiger partial charge in [0.15, 0.2) is 0 Å². The number of rotatable bonds is 5. The summed E-state index contributed by atoms with van der Waals surface area (Å²) in [4.78, 5) is 1.53. The molecule has 1 nitrogen and oxygen atoms in total. The van der Waals surface area contributed by atoms with Crippen LogP contribution >= 0.6 is 27.3 Å². The van der Waals surface area contributed by atoms with Crippen LogP contribution in [0, 0.1) is 17.8 Å². The van der Waals surface area contributed by atoms with Gasteiger partial charge in [-0.3, -0.25) is 0 Å². The summed E-state index contributed by atoms with van der Waals surface area (Å²) in [5, 5.41) is 6.03. The Hall–Kier alpha value is 0.140. The number of fused-ring (bicyclic) bond motifs is 1. The Morgan fingerprint density at radius 1 is 1.39 bits per heavy atom. The van der Waals surface area contributed by atoms with E-state index in [4.69, 9.17) is 0 Å². The van der Waals surface area contributed by atoms with Gasteiger partial charge in [0.25, 0.3) is 0 Å². The molecule has 1 aromatic rings. The van der Waals surface area contributed by atoms with E-state index in [0.717, 1.165) is 24.3 Å². The zero-order chi connectivity index (χ0) is 12.5. The SMILES string of the molecule is CCCNC(c1sccc1Br)C1C2CCCCC21. The van der Waals surface area contributed by atoms with E-state index >= 15 is 0 Å². The summed E-state index contributed by atoms with van der Waals surface area (Å²) in [7, 11) is 0. The minimum atomic E-state index is 0.604. The fourth-order valence-electron chi connectivity index (χ4n) is 3.77. The zero-order valence-corrected chi connectivity index (χ0v) is 13.4. The molecule has 2 aliphatic carbocycles. The molecule has 18 heavy (non-hydrogen) atoms. The first-order chi connectivity index (χ1) is 8.83. The Bertz CT molecular complexity index is 391. The maximum Gasteiger partial charge on any atom is 0.0460 e. The second kappa shape index (κ2) is 5.64. The van der Waals surface area contributed by atoms with Crippen molar-refractivity contribution < 1.29 is 0 Å². The molecule has 100 valence electrons. The molecule has 1 heterocycles. The molecule has 3 heteroatoms. The summed E-state index contributed by atoms with van der Waals surface area (Å²) in [6, 6.07) is 2.81. The van der Waals surface area contributed by atoms with E-state index in [1.165, 1.54) is 41.5 Å². The van der Waals surface area contributed by atoms with Gasteiger partial charge in [0.05, 0.1) is 0 Å². The molecule has 2 fully saturated rings. The first-order valence-electron chi connectivity index (χ1n) is 7.29. The van der Waals surface area contributed by atoms with Crippen LogP contribution < -0.4 is 5.32 Å². The minimum absolute atomic E-state index is 0.604. The van der Waals surface area contributed by atoms with Crippen LogP contribution in [-0.2, 0) is 0 Å². The average Bonchev–Trinajstić information content (AvgIpc) is 2.96. The molecule has 0 amide bonds. The highest BCUT2D eigenvalue weighted by atomic mass is 79.9. The quantitative estimate of drug-likeness (QED) is 0.803. The van der Waals surface area contributed by atoms with Gasteiger partial charge in [-0.05, 0) is 70.9 Å². The van der Waals surface area contributed by atoms with Gasteiger partial charge in [-0.1, -0.05) is 19.8 Å². The zero-order valence-electron chi connectivity index (χ0n) is 11.0. The molecule has 0 aromatic carbocycles. The number of halogens is 1. The molecule has 3 rings (SSSR count). The molecule has 2 saturated carbocycles. The molecule has 3 unspecified atom stereocenters. The van der Waals surface area contributed by atoms with Crippen molar-refractivity contribution in [1.29, 1.82) is 0 Å². The summed E-state index contributed by atoms with van der Waals surface area (Å²) in [5.41, 5.74) is 0. The van der Waals surface area contributed by atoms with E-state index in [2.05, 4.69) is 39.6 Å². The number of nitrogens with one attached hydrogen (secondary N) is 1. The highest BCUT2D eigenvalue weighted by molar-refractivity contribution is 9.10. The predicted octanol–water partition coefficient (Wildman–Crippen LogP) is 4.99. The van der Waals surface area contributed by atoms with E-state index in [1.54, 1.807) is 0 Å². The summed E-state index contributed by atoms with van der Waals surface area (Å²) >= 11 is 5.64. The van der Waals surface area contributed by atoms with Gasteiger partial charge < -0.3 is 5.32 Å². The van der Waals surface area contributed by atoms with E-state index in [9.17, 15) is 0 Å². The van der Waals surface area contributed by atoms with Crippen LogP contribution in [0.3, 0.4) is 0 Å². The molecular formula is C15H22BrNS. The summed E-state index contributed by atoms with van der Waals surface area (Å²) in [6.07, 6.45) is 7.10.